The number of carbonyl (C=O) groups is 1. The van der Waals surface area contributed by atoms with E-state index < -0.39 is 0 Å². The number of nitrogens with zero attached hydrogens (tertiary/aromatic N) is 4. The van der Waals surface area contributed by atoms with Crippen LogP contribution in [0.15, 0.2) is 24.4 Å². The molecule has 0 aromatic carbocycles. The summed E-state index contributed by atoms with van der Waals surface area (Å²) in [7, 11) is 0. The third kappa shape index (κ3) is 3.61. The minimum atomic E-state index is -0.273. The number of ether oxygens (including phenoxy) is 1. The van der Waals surface area contributed by atoms with Gasteiger partial charge in [0.15, 0.2) is 11.5 Å². The normalized spacial score (nSPS) is 22.4. The zero-order chi connectivity index (χ0) is 18.0. The molecule has 3 rings (SSSR count). The number of carbonyl (C=O) groups excluding carboxylic acids is 1. The fourth-order valence-corrected chi connectivity index (χ4v) is 3.14. The van der Waals surface area contributed by atoms with Crippen molar-refractivity contribution in [3.63, 3.8) is 0 Å². The summed E-state index contributed by atoms with van der Waals surface area (Å²) < 4.78 is 7.76. The molecule has 1 aliphatic rings. The van der Waals surface area contributed by atoms with Gasteiger partial charge >= 0.3 is 6.03 Å². The highest BCUT2D eigenvalue weighted by Crippen LogP contribution is 2.24. The molecule has 2 aromatic heterocycles. The lowest BCUT2D eigenvalue weighted by Crippen LogP contribution is -2.55. The Labute approximate surface area is 148 Å². The van der Waals surface area contributed by atoms with Gasteiger partial charge in [0.2, 0.25) is 0 Å². The van der Waals surface area contributed by atoms with Gasteiger partial charge in [-0.1, -0.05) is 26.8 Å². The molecule has 7 nitrogen and oxygen atoms in total. The Kier molecular flexibility index (Phi) is 4.94. The number of morpholine rings is 1. The molecule has 136 valence electrons. The van der Waals surface area contributed by atoms with Crippen LogP contribution in [-0.4, -0.2) is 50.8 Å². The third-order valence-corrected chi connectivity index (χ3v) is 4.94. The van der Waals surface area contributed by atoms with Gasteiger partial charge in [0.25, 0.3) is 0 Å². The highest BCUT2D eigenvalue weighted by Gasteiger charge is 2.34. The van der Waals surface area contributed by atoms with Crippen molar-refractivity contribution in [3.05, 3.63) is 30.2 Å². The summed E-state index contributed by atoms with van der Waals surface area (Å²) in [5.41, 5.74) is 0.507. The molecule has 2 aromatic rings. The second kappa shape index (κ2) is 7.00. The molecule has 7 heteroatoms. The lowest BCUT2D eigenvalue weighted by molar-refractivity contribution is -0.0875. The number of hydrogen-bond acceptors (Lipinski definition) is 4. The number of aromatic nitrogens is 3. The van der Waals surface area contributed by atoms with Crippen molar-refractivity contribution in [2.75, 3.05) is 19.7 Å². The summed E-state index contributed by atoms with van der Waals surface area (Å²) in [5, 5.41) is 11.7. The fraction of sp³-hybridized carbons (Fsp3) is 0.611. The first-order valence-corrected chi connectivity index (χ1v) is 8.92. The maximum absolute atomic E-state index is 12.8. The summed E-state index contributed by atoms with van der Waals surface area (Å²) in [6.45, 7) is 10.1. The third-order valence-electron chi connectivity index (χ3n) is 4.94. The lowest BCUT2D eigenvalue weighted by Gasteiger charge is -2.40. The average molecular weight is 345 g/mol. The molecular formula is C18H27N5O2. The minimum absolute atomic E-state index is 0.0747. The van der Waals surface area contributed by atoms with Crippen LogP contribution in [-0.2, 0) is 4.74 Å². The van der Waals surface area contributed by atoms with Gasteiger partial charge in [-0.3, -0.25) is 4.40 Å². The summed E-state index contributed by atoms with van der Waals surface area (Å²) in [4.78, 5) is 14.7. The summed E-state index contributed by atoms with van der Waals surface area (Å²) >= 11 is 0. The standard InChI is InChI=1S/C18H27N5O2/c1-5-18(4)12-22(10-11-25-18)17(24)19-15(13(2)3)16-21-20-14-8-6-7-9-23(14)16/h6-9,13,15H,5,10-12H2,1-4H3,(H,19,24)/t15-,18+/m0/s1. The molecule has 0 unspecified atom stereocenters. The zero-order valence-electron chi connectivity index (χ0n) is 15.4. The van der Waals surface area contributed by atoms with Gasteiger partial charge < -0.3 is 15.0 Å². The van der Waals surface area contributed by atoms with E-state index in [1.807, 2.05) is 33.7 Å². The van der Waals surface area contributed by atoms with Gasteiger partial charge in [-0.05, 0) is 31.4 Å². The predicted molar refractivity (Wildman–Crippen MR) is 95.3 cm³/mol. The van der Waals surface area contributed by atoms with Crippen molar-refractivity contribution in [1.29, 1.82) is 0 Å². The molecule has 0 bridgehead atoms. The number of nitrogens with one attached hydrogen (secondary N) is 1. The maximum atomic E-state index is 12.8. The highest BCUT2D eigenvalue weighted by molar-refractivity contribution is 5.75. The Morgan fingerprint density at radius 1 is 1.40 bits per heavy atom. The molecule has 3 heterocycles. The largest absolute Gasteiger partial charge is 0.372 e. The van der Waals surface area contributed by atoms with E-state index in [0.29, 0.717) is 19.7 Å². The summed E-state index contributed by atoms with van der Waals surface area (Å²) in [6, 6.07) is 5.49. The van der Waals surface area contributed by atoms with E-state index in [1.54, 1.807) is 0 Å². The fourth-order valence-electron chi connectivity index (χ4n) is 3.14. The molecule has 1 N–H and O–H groups in total. The summed E-state index contributed by atoms with van der Waals surface area (Å²) in [5.74, 6) is 0.945. The first kappa shape index (κ1) is 17.7. The number of hydrogen-bond donors (Lipinski definition) is 1. The molecule has 0 radical (unpaired) electrons. The van der Waals surface area contributed by atoms with E-state index >= 15 is 0 Å². The van der Waals surface area contributed by atoms with Crippen LogP contribution >= 0.6 is 0 Å². The van der Waals surface area contributed by atoms with Gasteiger partial charge in [0.05, 0.1) is 24.8 Å². The number of rotatable bonds is 4. The van der Waals surface area contributed by atoms with E-state index in [0.717, 1.165) is 17.9 Å². The molecule has 0 aliphatic carbocycles. The number of amides is 2. The van der Waals surface area contributed by atoms with Gasteiger partial charge in [-0.2, -0.15) is 0 Å². The van der Waals surface area contributed by atoms with Crippen LogP contribution < -0.4 is 5.32 Å². The predicted octanol–water partition coefficient (Wildman–Crippen LogP) is 2.64. The van der Waals surface area contributed by atoms with Crippen LogP contribution in [0.2, 0.25) is 0 Å². The second-order valence-corrected chi connectivity index (χ2v) is 7.23. The van der Waals surface area contributed by atoms with Gasteiger partial charge in [0, 0.05) is 12.7 Å². The topological polar surface area (TPSA) is 71.8 Å². The van der Waals surface area contributed by atoms with Crippen molar-refractivity contribution >= 4 is 11.7 Å². The molecule has 2 atom stereocenters. The monoisotopic (exact) mass is 345 g/mol. The van der Waals surface area contributed by atoms with Gasteiger partial charge in [0.1, 0.15) is 0 Å². The molecule has 1 saturated heterocycles. The smallest absolute Gasteiger partial charge is 0.318 e. The molecular weight excluding hydrogens is 318 g/mol. The quantitative estimate of drug-likeness (QED) is 0.925. The Hall–Kier alpha value is -2.15. The lowest BCUT2D eigenvalue weighted by atomic mass is 10.0. The minimum Gasteiger partial charge on any atom is -0.372 e. The molecule has 1 fully saturated rings. The van der Waals surface area contributed by atoms with Gasteiger partial charge in [-0.15, -0.1) is 10.2 Å². The summed E-state index contributed by atoms with van der Waals surface area (Å²) in [6.07, 6.45) is 2.80. The van der Waals surface area contributed by atoms with Crippen molar-refractivity contribution in [2.24, 2.45) is 5.92 Å². The van der Waals surface area contributed by atoms with Crippen LogP contribution in [0.3, 0.4) is 0 Å². The van der Waals surface area contributed by atoms with Crippen LogP contribution in [0.4, 0.5) is 4.79 Å². The highest BCUT2D eigenvalue weighted by atomic mass is 16.5. The molecule has 0 spiro atoms. The van der Waals surface area contributed by atoms with E-state index in [4.69, 9.17) is 4.74 Å². The zero-order valence-corrected chi connectivity index (χ0v) is 15.4. The molecule has 0 saturated carbocycles. The molecule has 1 aliphatic heterocycles. The number of urea groups is 1. The van der Waals surface area contributed by atoms with Crippen molar-refractivity contribution in [3.8, 4) is 0 Å². The van der Waals surface area contributed by atoms with Crippen LogP contribution in [0.1, 0.15) is 46.0 Å². The Balaban J connectivity index is 1.79. The van der Waals surface area contributed by atoms with Crippen molar-refractivity contribution in [1.82, 2.24) is 24.8 Å². The Morgan fingerprint density at radius 3 is 2.92 bits per heavy atom. The first-order chi connectivity index (χ1) is 11.9. The SMILES string of the molecule is CC[C@]1(C)CN(C(=O)N[C@H](c2nnc3ccccn23)C(C)C)CCO1. The average Bonchev–Trinajstić information content (AvgIpc) is 3.03. The van der Waals surface area contributed by atoms with E-state index in [9.17, 15) is 4.79 Å². The maximum Gasteiger partial charge on any atom is 0.318 e. The Morgan fingerprint density at radius 2 is 2.20 bits per heavy atom. The second-order valence-electron chi connectivity index (χ2n) is 7.23. The van der Waals surface area contributed by atoms with Crippen LogP contribution in [0.25, 0.3) is 5.65 Å². The number of pyridine rings is 1. The number of fused-ring (bicyclic) bond motifs is 1. The molecule has 2 amide bonds. The Bertz CT molecular complexity index is 744. The van der Waals surface area contributed by atoms with Crippen LogP contribution in [0, 0.1) is 5.92 Å². The first-order valence-electron chi connectivity index (χ1n) is 8.92. The molecule has 25 heavy (non-hydrogen) atoms. The van der Waals surface area contributed by atoms with Crippen molar-refractivity contribution in [2.45, 2.75) is 45.8 Å². The van der Waals surface area contributed by atoms with Crippen molar-refractivity contribution < 1.29 is 9.53 Å². The van der Waals surface area contributed by atoms with E-state index in [1.165, 1.54) is 0 Å². The van der Waals surface area contributed by atoms with Crippen LogP contribution in [0.5, 0.6) is 0 Å². The van der Waals surface area contributed by atoms with E-state index in [-0.39, 0.29) is 23.6 Å². The van der Waals surface area contributed by atoms with E-state index in [2.05, 4.69) is 43.2 Å². The van der Waals surface area contributed by atoms with Gasteiger partial charge in [-0.25, -0.2) is 4.79 Å².